The predicted molar refractivity (Wildman–Crippen MR) is 107 cm³/mol. The Kier molecular flexibility index (Phi) is 6.01. The number of amides is 2. The molecule has 8 nitrogen and oxygen atoms in total. The molecule has 2 N–H and O–H groups in total. The van der Waals surface area contributed by atoms with Crippen molar-refractivity contribution in [2.75, 3.05) is 37.9 Å². The highest BCUT2D eigenvalue weighted by atomic mass is 16.2. The highest BCUT2D eigenvalue weighted by Crippen LogP contribution is 2.27. The second-order valence-electron chi connectivity index (χ2n) is 8.13. The molecular formula is C19H29BN6O2. The van der Waals surface area contributed by atoms with Gasteiger partial charge in [0.25, 0.3) is 0 Å². The molecular weight excluding hydrogens is 355 g/mol. The van der Waals surface area contributed by atoms with Crippen molar-refractivity contribution >= 4 is 25.5 Å². The van der Waals surface area contributed by atoms with Crippen molar-refractivity contribution in [1.82, 2.24) is 24.9 Å². The van der Waals surface area contributed by atoms with Crippen LogP contribution in [0.4, 0.5) is 5.82 Å². The largest absolute Gasteiger partial charge is 0.357 e. The molecule has 3 saturated heterocycles. The first kappa shape index (κ1) is 19.5. The lowest BCUT2D eigenvalue weighted by Crippen LogP contribution is -2.48. The second kappa shape index (κ2) is 8.65. The highest BCUT2D eigenvalue weighted by molar-refractivity contribution is 6.08. The number of rotatable bonds is 5. The van der Waals surface area contributed by atoms with E-state index in [-0.39, 0.29) is 17.9 Å². The van der Waals surface area contributed by atoms with Crippen molar-refractivity contribution < 1.29 is 9.59 Å². The molecule has 0 aromatic carbocycles. The van der Waals surface area contributed by atoms with Crippen LogP contribution >= 0.6 is 0 Å². The van der Waals surface area contributed by atoms with Crippen LogP contribution in [0.5, 0.6) is 0 Å². The van der Waals surface area contributed by atoms with Crippen LogP contribution in [0, 0.1) is 0 Å². The van der Waals surface area contributed by atoms with E-state index in [4.69, 9.17) is 7.85 Å². The summed E-state index contributed by atoms with van der Waals surface area (Å²) in [6, 6.07) is 2.62. The molecule has 3 fully saturated rings. The molecule has 1 aromatic rings. The minimum atomic E-state index is -0.387. The van der Waals surface area contributed by atoms with Gasteiger partial charge in [-0.05, 0) is 51.6 Å². The number of carbonyl (C=O) groups excluding carboxylic acids is 2. The number of nitrogens with one attached hydrogen (secondary N) is 2. The van der Waals surface area contributed by atoms with Gasteiger partial charge in [0.15, 0.2) is 0 Å². The smallest absolute Gasteiger partial charge is 0.249 e. The number of aromatic nitrogens is 2. The van der Waals surface area contributed by atoms with Gasteiger partial charge in [-0.2, -0.15) is 5.10 Å². The van der Waals surface area contributed by atoms with Gasteiger partial charge in [-0.15, -0.1) is 0 Å². The van der Waals surface area contributed by atoms with Crippen LogP contribution in [0.15, 0.2) is 12.3 Å². The first-order valence-electron chi connectivity index (χ1n) is 10.4. The monoisotopic (exact) mass is 384 g/mol. The van der Waals surface area contributed by atoms with E-state index in [1.54, 1.807) is 0 Å². The maximum absolute atomic E-state index is 11.9. The average Bonchev–Trinajstić information content (AvgIpc) is 3.19. The van der Waals surface area contributed by atoms with E-state index >= 15 is 0 Å². The number of hydrogen-bond acceptors (Lipinski definition) is 6. The zero-order chi connectivity index (χ0) is 19.5. The molecule has 4 rings (SSSR count). The van der Waals surface area contributed by atoms with Crippen LogP contribution in [0.2, 0.25) is 0 Å². The van der Waals surface area contributed by atoms with Crippen LogP contribution in [-0.2, 0) is 9.59 Å². The Labute approximate surface area is 167 Å². The van der Waals surface area contributed by atoms with E-state index in [9.17, 15) is 9.59 Å². The van der Waals surface area contributed by atoms with Crippen LogP contribution in [-0.4, -0.2) is 83.9 Å². The minimum Gasteiger partial charge on any atom is -0.357 e. The molecule has 3 aliphatic rings. The fraction of sp³-hybridized carbons (Fsp3) is 0.737. The van der Waals surface area contributed by atoms with Crippen molar-refractivity contribution in [2.24, 2.45) is 0 Å². The lowest BCUT2D eigenvalue weighted by Gasteiger charge is -2.41. The first-order chi connectivity index (χ1) is 13.6. The van der Waals surface area contributed by atoms with Gasteiger partial charge >= 0.3 is 0 Å². The molecule has 28 heavy (non-hydrogen) atoms. The van der Waals surface area contributed by atoms with Gasteiger partial charge in [0, 0.05) is 37.8 Å². The Morgan fingerprint density at radius 3 is 2.46 bits per heavy atom. The van der Waals surface area contributed by atoms with E-state index in [0.717, 1.165) is 39.0 Å². The van der Waals surface area contributed by atoms with Gasteiger partial charge in [-0.25, -0.2) is 0 Å². The number of hydrogen-bond donors (Lipinski definition) is 2. The molecule has 150 valence electrons. The van der Waals surface area contributed by atoms with E-state index < -0.39 is 0 Å². The summed E-state index contributed by atoms with van der Waals surface area (Å²) < 4.78 is 2.03. The third kappa shape index (κ3) is 4.41. The molecule has 9 heteroatoms. The van der Waals surface area contributed by atoms with Crippen molar-refractivity contribution in [3.05, 3.63) is 12.3 Å². The van der Waals surface area contributed by atoms with Gasteiger partial charge in [-0.1, -0.05) is 0 Å². The fourth-order valence-electron chi connectivity index (χ4n) is 4.61. The fourth-order valence-corrected chi connectivity index (χ4v) is 4.61. The molecule has 2 radical (unpaired) electrons. The number of piperidine rings is 3. The van der Waals surface area contributed by atoms with Crippen molar-refractivity contribution in [2.45, 2.75) is 56.7 Å². The summed E-state index contributed by atoms with van der Waals surface area (Å²) in [5.41, 5.74) is 0. The molecule has 0 bridgehead atoms. The maximum atomic E-state index is 11.9. The third-order valence-electron chi connectivity index (χ3n) is 6.37. The zero-order valence-electron chi connectivity index (χ0n) is 16.3. The van der Waals surface area contributed by atoms with Crippen molar-refractivity contribution in [3.8, 4) is 0 Å². The zero-order valence-corrected chi connectivity index (χ0v) is 16.3. The van der Waals surface area contributed by atoms with E-state index in [1.165, 1.54) is 12.8 Å². The third-order valence-corrected chi connectivity index (χ3v) is 6.37. The highest BCUT2D eigenvalue weighted by Gasteiger charge is 2.29. The summed E-state index contributed by atoms with van der Waals surface area (Å²) in [4.78, 5) is 28.1. The molecule has 4 heterocycles. The average molecular weight is 384 g/mol. The van der Waals surface area contributed by atoms with E-state index in [2.05, 4.69) is 25.5 Å². The summed E-state index contributed by atoms with van der Waals surface area (Å²) >= 11 is 0. The normalized spacial score (nSPS) is 26.4. The Bertz CT molecular complexity index is 694. The van der Waals surface area contributed by atoms with Crippen LogP contribution in [0.3, 0.4) is 0 Å². The Morgan fingerprint density at radius 2 is 1.79 bits per heavy atom. The summed E-state index contributed by atoms with van der Waals surface area (Å²) in [6.07, 6.45) is 8.16. The van der Waals surface area contributed by atoms with Gasteiger partial charge in [-0.3, -0.25) is 19.6 Å². The second-order valence-corrected chi connectivity index (χ2v) is 8.13. The first-order valence-corrected chi connectivity index (χ1v) is 10.4. The van der Waals surface area contributed by atoms with Gasteiger partial charge in [0.2, 0.25) is 11.8 Å². The number of likely N-dealkylation sites (tertiary alicyclic amines) is 2. The molecule has 0 aliphatic carbocycles. The summed E-state index contributed by atoms with van der Waals surface area (Å²) in [6.45, 7) is 4.42. The Balaban J connectivity index is 1.26. The number of anilines is 1. The number of nitrogens with zero attached hydrogens (tertiary/aromatic N) is 4. The van der Waals surface area contributed by atoms with E-state index in [1.807, 2.05) is 16.9 Å². The standard InChI is InChI=1S/C19H29BN6O2/c20-13-24-8-3-14(4-9-24)25-10-5-15(6-11-25)26-12-7-17(23-26)21-16-1-2-18(27)22-19(16)28/h7,12,14-16H,1-6,8-11,13H2,(H,21,23)(H,22,27,28). The van der Waals surface area contributed by atoms with E-state index in [0.29, 0.717) is 37.2 Å². The van der Waals surface area contributed by atoms with Crippen molar-refractivity contribution in [1.29, 1.82) is 0 Å². The van der Waals surface area contributed by atoms with Gasteiger partial charge < -0.3 is 15.1 Å². The summed E-state index contributed by atoms with van der Waals surface area (Å²) in [7, 11) is 5.74. The summed E-state index contributed by atoms with van der Waals surface area (Å²) in [5, 5.41) is 10.2. The van der Waals surface area contributed by atoms with Gasteiger partial charge in [0.1, 0.15) is 11.9 Å². The SMILES string of the molecule is [B]CN1CCC(N2CCC(n3ccc(NC4CCC(=O)NC4=O)n3)CC2)CC1. The molecule has 3 aliphatic heterocycles. The molecule has 1 aromatic heterocycles. The molecule has 1 unspecified atom stereocenters. The predicted octanol–water partition coefficient (Wildman–Crippen LogP) is 0.328. The van der Waals surface area contributed by atoms with Crippen molar-refractivity contribution in [3.63, 3.8) is 0 Å². The maximum Gasteiger partial charge on any atom is 0.249 e. The Hall–Kier alpha value is -1.87. The van der Waals surface area contributed by atoms with Gasteiger partial charge in [0.05, 0.1) is 13.9 Å². The van der Waals surface area contributed by atoms with Crippen LogP contribution in [0.25, 0.3) is 0 Å². The lowest BCUT2D eigenvalue weighted by molar-refractivity contribution is -0.133. The molecule has 2 amide bonds. The number of imide groups is 1. The summed E-state index contributed by atoms with van der Waals surface area (Å²) in [5.74, 6) is 0.236. The van der Waals surface area contributed by atoms with Crippen LogP contribution in [0.1, 0.15) is 44.6 Å². The topological polar surface area (TPSA) is 82.5 Å². The number of carbonyl (C=O) groups is 2. The van der Waals surface area contributed by atoms with Crippen LogP contribution < -0.4 is 10.6 Å². The molecule has 0 spiro atoms. The Morgan fingerprint density at radius 1 is 1.07 bits per heavy atom. The molecule has 1 atom stereocenters. The quantitative estimate of drug-likeness (QED) is 0.563. The minimum absolute atomic E-state index is 0.200. The lowest BCUT2D eigenvalue weighted by atomic mass is 9.97. The molecule has 0 saturated carbocycles.